The molecule has 0 unspecified atom stereocenters. The monoisotopic (exact) mass is 307 g/mol. The fourth-order valence-electron chi connectivity index (χ4n) is 3.53. The number of hydrogen-bond donors (Lipinski definition) is 2. The standard InChI is InChI=1S/C16H25N3O3/c1-2-19-11-12(10-17-19)15-13(5-8-22-15)18-14(20)9-16(21)6-3-4-7-16/h10-11,13,15,21H,2-9H2,1H3,(H,18,20)/t13-,15+/m0/s1. The summed E-state index contributed by atoms with van der Waals surface area (Å²) in [7, 11) is 0. The van der Waals surface area contributed by atoms with Crippen LogP contribution >= 0.6 is 0 Å². The van der Waals surface area contributed by atoms with Gasteiger partial charge in [0.1, 0.15) is 6.10 Å². The maximum absolute atomic E-state index is 12.3. The van der Waals surface area contributed by atoms with Gasteiger partial charge in [-0.15, -0.1) is 0 Å². The quantitative estimate of drug-likeness (QED) is 0.865. The van der Waals surface area contributed by atoms with E-state index < -0.39 is 5.60 Å². The summed E-state index contributed by atoms with van der Waals surface area (Å²) in [4.78, 5) is 12.3. The van der Waals surface area contributed by atoms with Crippen molar-refractivity contribution in [3.05, 3.63) is 18.0 Å². The van der Waals surface area contributed by atoms with Crippen LogP contribution in [-0.2, 0) is 16.1 Å². The normalized spacial score (nSPS) is 27.2. The molecule has 6 heteroatoms. The fourth-order valence-corrected chi connectivity index (χ4v) is 3.53. The van der Waals surface area contributed by atoms with E-state index in [1.807, 2.05) is 24.0 Å². The van der Waals surface area contributed by atoms with Gasteiger partial charge in [0.15, 0.2) is 0 Å². The molecule has 6 nitrogen and oxygen atoms in total. The molecule has 1 aromatic heterocycles. The zero-order chi connectivity index (χ0) is 15.6. The van der Waals surface area contributed by atoms with Gasteiger partial charge in [-0.05, 0) is 26.2 Å². The second kappa shape index (κ2) is 6.38. The molecule has 0 bridgehead atoms. The molecule has 2 fully saturated rings. The minimum atomic E-state index is -0.799. The van der Waals surface area contributed by atoms with Crippen molar-refractivity contribution in [3.8, 4) is 0 Å². The number of carbonyl (C=O) groups excluding carboxylic acids is 1. The zero-order valence-corrected chi connectivity index (χ0v) is 13.1. The minimum absolute atomic E-state index is 0.0352. The molecular formula is C16H25N3O3. The fraction of sp³-hybridized carbons (Fsp3) is 0.750. The average Bonchev–Trinajstić information content (AvgIpc) is 3.18. The Hall–Kier alpha value is -1.40. The van der Waals surface area contributed by atoms with Crippen LogP contribution in [0.4, 0.5) is 0 Å². The first-order valence-electron chi connectivity index (χ1n) is 8.25. The molecule has 1 saturated heterocycles. The Labute approximate surface area is 130 Å². The van der Waals surface area contributed by atoms with Crippen LogP contribution in [0.1, 0.15) is 57.1 Å². The van der Waals surface area contributed by atoms with E-state index in [1.54, 1.807) is 0 Å². The Morgan fingerprint density at radius 1 is 1.55 bits per heavy atom. The molecule has 2 atom stereocenters. The minimum Gasteiger partial charge on any atom is -0.389 e. The van der Waals surface area contributed by atoms with E-state index in [-0.39, 0.29) is 24.5 Å². The van der Waals surface area contributed by atoms with Crippen LogP contribution < -0.4 is 5.32 Å². The van der Waals surface area contributed by atoms with E-state index in [0.717, 1.165) is 44.2 Å². The van der Waals surface area contributed by atoms with Gasteiger partial charge < -0.3 is 15.2 Å². The summed E-state index contributed by atoms with van der Waals surface area (Å²) in [6.45, 7) is 3.49. The number of aromatic nitrogens is 2. The topological polar surface area (TPSA) is 76.4 Å². The lowest BCUT2D eigenvalue weighted by Crippen LogP contribution is -2.41. The summed E-state index contributed by atoms with van der Waals surface area (Å²) in [5.74, 6) is -0.0761. The Bertz CT molecular complexity index is 522. The van der Waals surface area contributed by atoms with Gasteiger partial charge in [0, 0.05) is 24.9 Å². The van der Waals surface area contributed by atoms with Gasteiger partial charge in [-0.2, -0.15) is 5.10 Å². The van der Waals surface area contributed by atoms with Gasteiger partial charge in [-0.1, -0.05) is 12.8 Å². The molecule has 2 heterocycles. The maximum atomic E-state index is 12.3. The molecule has 2 aliphatic rings. The van der Waals surface area contributed by atoms with Crippen LogP contribution in [-0.4, -0.2) is 39.0 Å². The van der Waals surface area contributed by atoms with Gasteiger partial charge in [-0.3, -0.25) is 9.48 Å². The van der Waals surface area contributed by atoms with Crippen molar-refractivity contribution in [2.75, 3.05) is 6.61 Å². The maximum Gasteiger partial charge on any atom is 0.223 e. The van der Waals surface area contributed by atoms with Crippen LogP contribution in [0, 0.1) is 0 Å². The largest absolute Gasteiger partial charge is 0.389 e. The predicted molar refractivity (Wildman–Crippen MR) is 81.2 cm³/mol. The molecule has 1 amide bonds. The number of amides is 1. The molecule has 0 aromatic carbocycles. The van der Waals surface area contributed by atoms with Crippen LogP contribution in [0.2, 0.25) is 0 Å². The van der Waals surface area contributed by atoms with Crippen LogP contribution in [0.5, 0.6) is 0 Å². The Morgan fingerprint density at radius 3 is 3.00 bits per heavy atom. The number of ether oxygens (including phenoxy) is 1. The van der Waals surface area contributed by atoms with E-state index >= 15 is 0 Å². The van der Waals surface area contributed by atoms with Crippen molar-refractivity contribution in [1.82, 2.24) is 15.1 Å². The lowest BCUT2D eigenvalue weighted by atomic mass is 9.97. The summed E-state index contributed by atoms with van der Waals surface area (Å²) < 4.78 is 7.63. The molecule has 1 saturated carbocycles. The van der Waals surface area contributed by atoms with Crippen molar-refractivity contribution in [1.29, 1.82) is 0 Å². The van der Waals surface area contributed by atoms with Crippen molar-refractivity contribution in [2.24, 2.45) is 0 Å². The van der Waals surface area contributed by atoms with Crippen molar-refractivity contribution in [2.45, 2.75) is 69.7 Å². The van der Waals surface area contributed by atoms with E-state index in [9.17, 15) is 9.90 Å². The van der Waals surface area contributed by atoms with Crippen molar-refractivity contribution >= 4 is 5.91 Å². The van der Waals surface area contributed by atoms with Gasteiger partial charge in [0.2, 0.25) is 5.91 Å². The second-order valence-electron chi connectivity index (χ2n) is 6.49. The lowest BCUT2D eigenvalue weighted by Gasteiger charge is -2.24. The summed E-state index contributed by atoms with van der Waals surface area (Å²) in [6.07, 6.45) is 8.12. The van der Waals surface area contributed by atoms with E-state index in [1.165, 1.54) is 0 Å². The third-order valence-electron chi connectivity index (χ3n) is 4.77. The number of aryl methyl sites for hydroxylation is 1. The van der Waals surface area contributed by atoms with Gasteiger partial charge in [0.05, 0.1) is 24.3 Å². The smallest absolute Gasteiger partial charge is 0.223 e. The molecule has 1 aliphatic carbocycles. The van der Waals surface area contributed by atoms with Gasteiger partial charge in [0.25, 0.3) is 0 Å². The Balaban J connectivity index is 1.59. The highest BCUT2D eigenvalue weighted by atomic mass is 16.5. The number of hydrogen-bond acceptors (Lipinski definition) is 4. The summed E-state index contributed by atoms with van der Waals surface area (Å²) >= 11 is 0. The third kappa shape index (κ3) is 3.33. The number of rotatable bonds is 5. The summed E-state index contributed by atoms with van der Waals surface area (Å²) in [6, 6.07) is -0.0352. The zero-order valence-electron chi connectivity index (χ0n) is 13.1. The first-order chi connectivity index (χ1) is 10.6. The highest BCUT2D eigenvalue weighted by Crippen LogP contribution is 2.33. The first-order valence-corrected chi connectivity index (χ1v) is 8.25. The molecule has 0 spiro atoms. The molecule has 22 heavy (non-hydrogen) atoms. The number of carbonyl (C=O) groups is 1. The predicted octanol–water partition coefficient (Wildman–Crippen LogP) is 1.54. The highest BCUT2D eigenvalue weighted by Gasteiger charge is 2.36. The SMILES string of the molecule is CCn1cc([C@H]2OCC[C@@H]2NC(=O)CC2(O)CCCC2)cn1. The Kier molecular flexibility index (Phi) is 4.49. The molecule has 1 aliphatic heterocycles. The summed E-state index contributed by atoms with van der Waals surface area (Å²) in [5.41, 5.74) is 0.204. The van der Waals surface area contributed by atoms with Crippen LogP contribution in [0.15, 0.2) is 12.4 Å². The molecule has 122 valence electrons. The third-order valence-corrected chi connectivity index (χ3v) is 4.77. The number of nitrogens with zero attached hydrogens (tertiary/aromatic N) is 2. The highest BCUT2D eigenvalue weighted by molar-refractivity contribution is 5.77. The number of nitrogens with one attached hydrogen (secondary N) is 1. The first kappa shape index (κ1) is 15.5. The Morgan fingerprint density at radius 2 is 2.32 bits per heavy atom. The molecule has 3 rings (SSSR count). The van der Waals surface area contributed by atoms with E-state index in [4.69, 9.17) is 4.74 Å². The van der Waals surface area contributed by atoms with Crippen LogP contribution in [0.3, 0.4) is 0 Å². The van der Waals surface area contributed by atoms with Gasteiger partial charge in [-0.25, -0.2) is 0 Å². The van der Waals surface area contributed by atoms with Crippen molar-refractivity contribution in [3.63, 3.8) is 0 Å². The molecular weight excluding hydrogens is 282 g/mol. The average molecular weight is 307 g/mol. The molecule has 1 aromatic rings. The van der Waals surface area contributed by atoms with E-state index in [0.29, 0.717) is 6.61 Å². The van der Waals surface area contributed by atoms with Crippen LogP contribution in [0.25, 0.3) is 0 Å². The second-order valence-corrected chi connectivity index (χ2v) is 6.49. The van der Waals surface area contributed by atoms with Crippen molar-refractivity contribution < 1.29 is 14.6 Å². The van der Waals surface area contributed by atoms with E-state index in [2.05, 4.69) is 10.4 Å². The van der Waals surface area contributed by atoms with Gasteiger partial charge >= 0.3 is 0 Å². The number of aliphatic hydroxyl groups is 1. The molecule has 0 radical (unpaired) electrons. The summed E-state index contributed by atoms with van der Waals surface area (Å²) in [5, 5.41) is 17.7. The lowest BCUT2D eigenvalue weighted by molar-refractivity contribution is -0.127. The molecule has 2 N–H and O–H groups in total.